The highest BCUT2D eigenvalue weighted by atomic mass is 16.5. The summed E-state index contributed by atoms with van der Waals surface area (Å²) in [5.41, 5.74) is 9.02. The van der Waals surface area contributed by atoms with E-state index in [1.54, 1.807) is 6.26 Å². The first kappa shape index (κ1) is 16.8. The van der Waals surface area contributed by atoms with Crippen LogP contribution in [0.1, 0.15) is 16.9 Å². The van der Waals surface area contributed by atoms with Crippen LogP contribution in [0.25, 0.3) is 0 Å². The predicted octanol–water partition coefficient (Wildman–Crippen LogP) is 3.92. The Kier molecular flexibility index (Phi) is 5.85. The number of hydrogen-bond donors (Lipinski definition) is 2. The van der Waals surface area contributed by atoms with Gasteiger partial charge in [0.2, 0.25) is 0 Å². The third-order valence-corrected chi connectivity index (χ3v) is 3.56. The van der Waals surface area contributed by atoms with Gasteiger partial charge in [-0.25, -0.2) is 4.99 Å². The van der Waals surface area contributed by atoms with Crippen LogP contribution in [0.4, 0.5) is 5.69 Å². The summed E-state index contributed by atoms with van der Waals surface area (Å²) < 4.78 is 10.9. The first-order chi connectivity index (χ1) is 12.3. The van der Waals surface area contributed by atoms with Crippen molar-refractivity contribution in [2.75, 3.05) is 5.32 Å². The minimum atomic E-state index is 0.394. The number of nitrogens with two attached hydrogens (primary N) is 1. The molecule has 0 saturated carbocycles. The van der Waals surface area contributed by atoms with E-state index < -0.39 is 0 Å². The van der Waals surface area contributed by atoms with Gasteiger partial charge in [-0.2, -0.15) is 0 Å². The number of benzene rings is 2. The van der Waals surface area contributed by atoms with Crippen LogP contribution in [0.3, 0.4) is 0 Å². The molecule has 0 radical (unpaired) electrons. The van der Waals surface area contributed by atoms with Crippen LogP contribution in [0.2, 0.25) is 0 Å². The Morgan fingerprint density at radius 1 is 0.960 bits per heavy atom. The molecule has 128 valence electrons. The fourth-order valence-electron chi connectivity index (χ4n) is 2.37. The minimum Gasteiger partial charge on any atom is -0.467 e. The third kappa shape index (κ3) is 5.51. The van der Waals surface area contributed by atoms with Gasteiger partial charge in [-0.3, -0.25) is 0 Å². The zero-order chi connectivity index (χ0) is 17.3. The Morgan fingerprint density at radius 3 is 2.60 bits per heavy atom. The molecule has 0 aliphatic carbocycles. The lowest BCUT2D eigenvalue weighted by molar-refractivity contribution is 0.0929. The van der Waals surface area contributed by atoms with E-state index in [4.69, 9.17) is 14.9 Å². The zero-order valence-electron chi connectivity index (χ0n) is 13.9. The van der Waals surface area contributed by atoms with Gasteiger partial charge >= 0.3 is 0 Å². The van der Waals surface area contributed by atoms with Crippen molar-refractivity contribution in [3.05, 3.63) is 89.9 Å². The molecular weight excluding hydrogens is 314 g/mol. The van der Waals surface area contributed by atoms with Crippen molar-refractivity contribution in [2.24, 2.45) is 10.7 Å². The number of nitrogens with zero attached hydrogens (tertiary/aromatic N) is 1. The largest absolute Gasteiger partial charge is 0.467 e. The summed E-state index contributed by atoms with van der Waals surface area (Å²) in [7, 11) is 0. The molecule has 1 heterocycles. The summed E-state index contributed by atoms with van der Waals surface area (Å²) in [6, 6.07) is 21.6. The number of guanidine groups is 1. The maximum absolute atomic E-state index is 5.93. The quantitative estimate of drug-likeness (QED) is 0.507. The van der Waals surface area contributed by atoms with E-state index in [-0.39, 0.29) is 0 Å². The van der Waals surface area contributed by atoms with Crippen molar-refractivity contribution in [3.8, 4) is 0 Å². The van der Waals surface area contributed by atoms with E-state index in [9.17, 15) is 0 Å². The molecule has 5 heteroatoms. The number of aliphatic imine (C=N–C) groups is 1. The molecule has 0 unspecified atom stereocenters. The molecule has 3 N–H and O–H groups in total. The van der Waals surface area contributed by atoms with Gasteiger partial charge in [0.05, 0.1) is 19.4 Å². The summed E-state index contributed by atoms with van der Waals surface area (Å²) in [5, 5.41) is 3.07. The normalized spacial score (nSPS) is 11.4. The van der Waals surface area contributed by atoms with Gasteiger partial charge in [0.25, 0.3) is 0 Å². The summed E-state index contributed by atoms with van der Waals surface area (Å²) in [4.78, 5) is 4.38. The van der Waals surface area contributed by atoms with Crippen LogP contribution in [-0.2, 0) is 24.5 Å². The number of hydrogen-bond acceptors (Lipinski definition) is 3. The molecule has 0 amide bonds. The Balaban J connectivity index is 1.51. The highest BCUT2D eigenvalue weighted by Gasteiger charge is 2.00. The van der Waals surface area contributed by atoms with Crippen molar-refractivity contribution < 1.29 is 9.15 Å². The number of para-hydroxylation sites is 1. The number of rotatable bonds is 7. The molecule has 0 bridgehead atoms. The minimum absolute atomic E-state index is 0.394. The average Bonchev–Trinajstić information content (AvgIpc) is 3.15. The van der Waals surface area contributed by atoms with Gasteiger partial charge in [-0.15, -0.1) is 0 Å². The van der Waals surface area contributed by atoms with Crippen LogP contribution in [0.15, 0.2) is 82.4 Å². The molecule has 2 aromatic carbocycles. The molecule has 0 fully saturated rings. The predicted molar refractivity (Wildman–Crippen MR) is 99.0 cm³/mol. The molecule has 0 atom stereocenters. The van der Waals surface area contributed by atoms with Crippen LogP contribution in [0, 0.1) is 0 Å². The highest BCUT2D eigenvalue weighted by molar-refractivity contribution is 5.92. The fourth-order valence-corrected chi connectivity index (χ4v) is 2.37. The van der Waals surface area contributed by atoms with E-state index in [1.165, 1.54) is 0 Å². The van der Waals surface area contributed by atoms with Crippen molar-refractivity contribution in [1.29, 1.82) is 0 Å². The Labute approximate surface area is 147 Å². The SMILES string of the molecule is NC(=NCc1cccc(COCc2ccco2)c1)Nc1ccccc1. The van der Waals surface area contributed by atoms with E-state index in [1.807, 2.05) is 60.7 Å². The van der Waals surface area contributed by atoms with E-state index in [2.05, 4.69) is 16.4 Å². The topological polar surface area (TPSA) is 72.8 Å². The van der Waals surface area contributed by atoms with Crippen molar-refractivity contribution >= 4 is 11.6 Å². The summed E-state index contributed by atoms with van der Waals surface area (Å²) >= 11 is 0. The molecule has 3 aromatic rings. The molecule has 3 rings (SSSR count). The zero-order valence-corrected chi connectivity index (χ0v) is 13.9. The number of furan rings is 1. The third-order valence-electron chi connectivity index (χ3n) is 3.56. The number of ether oxygens (including phenoxy) is 1. The van der Waals surface area contributed by atoms with Crippen molar-refractivity contribution in [1.82, 2.24) is 0 Å². The van der Waals surface area contributed by atoms with Gasteiger partial charge in [0.15, 0.2) is 5.96 Å². The molecule has 0 spiro atoms. The molecule has 0 aliphatic rings. The summed E-state index contributed by atoms with van der Waals surface area (Å²) in [6.45, 7) is 1.50. The van der Waals surface area contributed by atoms with E-state index in [0.717, 1.165) is 22.6 Å². The maximum atomic E-state index is 5.93. The second-order valence-electron chi connectivity index (χ2n) is 5.58. The number of nitrogens with one attached hydrogen (secondary N) is 1. The molecule has 0 saturated heterocycles. The molecule has 25 heavy (non-hydrogen) atoms. The second-order valence-corrected chi connectivity index (χ2v) is 5.58. The fraction of sp³-hybridized carbons (Fsp3) is 0.150. The smallest absolute Gasteiger partial charge is 0.193 e. The first-order valence-corrected chi connectivity index (χ1v) is 8.09. The van der Waals surface area contributed by atoms with Gasteiger partial charge in [0.1, 0.15) is 12.4 Å². The van der Waals surface area contributed by atoms with Gasteiger partial charge in [-0.05, 0) is 35.4 Å². The summed E-state index contributed by atoms with van der Waals surface area (Å²) in [5.74, 6) is 1.21. The van der Waals surface area contributed by atoms with E-state index >= 15 is 0 Å². The van der Waals surface area contributed by atoms with Gasteiger partial charge in [-0.1, -0.05) is 42.5 Å². The maximum Gasteiger partial charge on any atom is 0.193 e. The van der Waals surface area contributed by atoms with Crippen LogP contribution in [0.5, 0.6) is 0 Å². The second kappa shape index (κ2) is 8.70. The van der Waals surface area contributed by atoms with E-state index in [0.29, 0.717) is 25.7 Å². The number of anilines is 1. The lowest BCUT2D eigenvalue weighted by Crippen LogP contribution is -2.22. The van der Waals surface area contributed by atoms with Gasteiger partial charge in [0, 0.05) is 5.69 Å². The Morgan fingerprint density at radius 2 is 1.80 bits per heavy atom. The van der Waals surface area contributed by atoms with Crippen molar-refractivity contribution in [2.45, 2.75) is 19.8 Å². The first-order valence-electron chi connectivity index (χ1n) is 8.09. The monoisotopic (exact) mass is 335 g/mol. The molecule has 5 nitrogen and oxygen atoms in total. The lowest BCUT2D eigenvalue weighted by Gasteiger charge is -2.07. The lowest BCUT2D eigenvalue weighted by atomic mass is 10.1. The van der Waals surface area contributed by atoms with Gasteiger partial charge < -0.3 is 20.2 Å². The standard InChI is InChI=1S/C20H21N3O2/c21-20(23-18-8-2-1-3-9-18)22-13-16-6-4-7-17(12-16)14-24-15-19-10-5-11-25-19/h1-12H,13-15H2,(H3,21,22,23). The molecule has 1 aromatic heterocycles. The van der Waals surface area contributed by atoms with Crippen LogP contribution < -0.4 is 11.1 Å². The van der Waals surface area contributed by atoms with Crippen LogP contribution >= 0.6 is 0 Å². The molecular formula is C20H21N3O2. The molecule has 0 aliphatic heterocycles. The van der Waals surface area contributed by atoms with Crippen molar-refractivity contribution in [3.63, 3.8) is 0 Å². The Bertz CT molecular complexity index is 799. The average molecular weight is 335 g/mol. The summed E-state index contributed by atoms with van der Waals surface area (Å²) in [6.07, 6.45) is 1.64. The Hall–Kier alpha value is -3.05. The van der Waals surface area contributed by atoms with Crippen LogP contribution in [-0.4, -0.2) is 5.96 Å². The highest BCUT2D eigenvalue weighted by Crippen LogP contribution is 2.10.